The van der Waals surface area contributed by atoms with Crippen LogP contribution in [-0.4, -0.2) is 56.7 Å². The monoisotopic (exact) mass is 371 g/mol. The molecule has 1 aromatic carbocycles. The van der Waals surface area contributed by atoms with Gasteiger partial charge in [0.1, 0.15) is 0 Å². The second kappa shape index (κ2) is 11.7. The minimum absolute atomic E-state index is 0.414. The Bertz CT molecular complexity index is 581. The molecule has 0 bridgehead atoms. The lowest BCUT2D eigenvalue weighted by Gasteiger charge is -2.21. The maximum Gasteiger partial charge on any atom is 0.191 e. The molecule has 1 heterocycles. The normalized spacial score (nSPS) is 15.4. The molecular weight excluding hydrogens is 334 g/mol. The van der Waals surface area contributed by atoms with Crippen molar-refractivity contribution in [2.75, 3.05) is 44.7 Å². The first-order valence-electron chi connectivity index (χ1n) is 10.3. The minimum atomic E-state index is 0.414. The Morgan fingerprint density at radius 1 is 1.15 bits per heavy atom. The average molecular weight is 372 g/mol. The lowest BCUT2D eigenvalue weighted by molar-refractivity contribution is 0.292. The number of hydrogen-bond acceptors (Lipinski definition) is 3. The minimum Gasteiger partial charge on any atom is -0.364 e. The fraction of sp³-hybridized carbons (Fsp3) is 0.591. The van der Waals surface area contributed by atoms with Gasteiger partial charge in [-0.15, -0.1) is 0 Å². The van der Waals surface area contributed by atoms with Gasteiger partial charge in [-0.2, -0.15) is 0 Å². The van der Waals surface area contributed by atoms with E-state index in [2.05, 4.69) is 82.6 Å². The topological polar surface area (TPSA) is 42.9 Å². The Morgan fingerprint density at radius 3 is 2.41 bits per heavy atom. The van der Waals surface area contributed by atoms with Crippen molar-refractivity contribution in [1.29, 1.82) is 0 Å². The van der Waals surface area contributed by atoms with Crippen molar-refractivity contribution < 1.29 is 0 Å². The Hall–Kier alpha value is -2.01. The van der Waals surface area contributed by atoms with Crippen LogP contribution in [0, 0.1) is 0 Å². The largest absolute Gasteiger partial charge is 0.364 e. The summed E-state index contributed by atoms with van der Waals surface area (Å²) < 4.78 is 0. The van der Waals surface area contributed by atoms with E-state index < -0.39 is 0 Å². The average Bonchev–Trinajstić information content (AvgIpc) is 3.23. The van der Waals surface area contributed by atoms with E-state index in [1.165, 1.54) is 24.2 Å². The van der Waals surface area contributed by atoms with E-state index in [1.807, 2.05) is 7.05 Å². The molecule has 1 aliphatic rings. The lowest BCUT2D eigenvalue weighted by Crippen LogP contribution is -2.42. The summed E-state index contributed by atoms with van der Waals surface area (Å²) in [6.45, 7) is 12.9. The van der Waals surface area contributed by atoms with Gasteiger partial charge in [0.2, 0.25) is 0 Å². The summed E-state index contributed by atoms with van der Waals surface area (Å²) in [7, 11) is 1.83. The van der Waals surface area contributed by atoms with Crippen LogP contribution in [0.5, 0.6) is 0 Å². The molecule has 2 rings (SSSR count). The summed E-state index contributed by atoms with van der Waals surface area (Å²) in [5, 5.41) is 6.94. The van der Waals surface area contributed by atoms with Gasteiger partial charge in [-0.1, -0.05) is 38.1 Å². The molecule has 0 saturated carbocycles. The molecule has 2 N–H and O–H groups in total. The summed E-state index contributed by atoms with van der Waals surface area (Å²) in [5.74, 6) is 0.873. The Kier molecular flexibility index (Phi) is 9.19. The van der Waals surface area contributed by atoms with Crippen LogP contribution in [0.15, 0.2) is 41.4 Å². The molecular formula is C22H37N5. The van der Waals surface area contributed by atoms with Crippen LogP contribution in [-0.2, 0) is 6.54 Å². The standard InChI is InChI=1S/C22H37N5/c1-5-26(6-2)15-9-10-19(3)25-22(23-4)24-18-20-11-13-21(14-12-20)27-16-7-8-17-27/h7-8,11-14,19H,5-6,9-10,15-18H2,1-4H3,(H2,23,24,25). The van der Waals surface area contributed by atoms with E-state index in [-0.39, 0.29) is 0 Å². The zero-order chi connectivity index (χ0) is 19.5. The van der Waals surface area contributed by atoms with Crippen LogP contribution >= 0.6 is 0 Å². The van der Waals surface area contributed by atoms with Gasteiger partial charge in [-0.25, -0.2) is 0 Å². The van der Waals surface area contributed by atoms with Crippen molar-refractivity contribution in [1.82, 2.24) is 15.5 Å². The molecule has 1 aliphatic heterocycles. The number of aliphatic imine (C=N–C) groups is 1. The predicted octanol–water partition coefficient (Wildman–Crippen LogP) is 3.24. The van der Waals surface area contributed by atoms with E-state index in [4.69, 9.17) is 0 Å². The van der Waals surface area contributed by atoms with Gasteiger partial charge in [-0.05, 0) is 57.1 Å². The van der Waals surface area contributed by atoms with Gasteiger partial charge in [0.25, 0.3) is 0 Å². The number of nitrogens with one attached hydrogen (secondary N) is 2. The van der Waals surface area contributed by atoms with Gasteiger partial charge >= 0.3 is 0 Å². The van der Waals surface area contributed by atoms with Gasteiger partial charge in [-0.3, -0.25) is 4.99 Å². The highest BCUT2D eigenvalue weighted by molar-refractivity contribution is 5.79. The van der Waals surface area contributed by atoms with Crippen LogP contribution in [0.4, 0.5) is 5.69 Å². The molecule has 0 spiro atoms. The van der Waals surface area contributed by atoms with Crippen molar-refractivity contribution in [3.8, 4) is 0 Å². The number of rotatable bonds is 10. The second-order valence-electron chi connectivity index (χ2n) is 7.18. The molecule has 0 aromatic heterocycles. The number of anilines is 1. The second-order valence-corrected chi connectivity index (χ2v) is 7.18. The Morgan fingerprint density at radius 2 is 1.81 bits per heavy atom. The van der Waals surface area contributed by atoms with E-state index >= 15 is 0 Å². The van der Waals surface area contributed by atoms with Crippen molar-refractivity contribution in [3.05, 3.63) is 42.0 Å². The zero-order valence-corrected chi connectivity index (χ0v) is 17.5. The van der Waals surface area contributed by atoms with E-state index in [0.717, 1.165) is 45.1 Å². The highest BCUT2D eigenvalue weighted by Gasteiger charge is 2.08. The number of hydrogen-bond donors (Lipinski definition) is 2. The highest BCUT2D eigenvalue weighted by atomic mass is 15.2. The SMILES string of the molecule is CCN(CC)CCCC(C)NC(=NC)NCc1ccc(N2CC=CC2)cc1. The smallest absolute Gasteiger partial charge is 0.191 e. The van der Waals surface area contributed by atoms with Crippen molar-refractivity contribution in [2.45, 2.75) is 46.2 Å². The van der Waals surface area contributed by atoms with Crippen LogP contribution in [0.2, 0.25) is 0 Å². The highest BCUT2D eigenvalue weighted by Crippen LogP contribution is 2.17. The van der Waals surface area contributed by atoms with Crippen molar-refractivity contribution in [3.63, 3.8) is 0 Å². The molecule has 0 radical (unpaired) electrons. The van der Waals surface area contributed by atoms with Crippen molar-refractivity contribution >= 4 is 11.6 Å². The van der Waals surface area contributed by atoms with Gasteiger partial charge in [0.15, 0.2) is 5.96 Å². The van der Waals surface area contributed by atoms with Crippen molar-refractivity contribution in [2.24, 2.45) is 4.99 Å². The molecule has 0 fully saturated rings. The summed E-state index contributed by atoms with van der Waals surface area (Å²) in [6.07, 6.45) is 6.79. The van der Waals surface area contributed by atoms with Crippen LogP contribution in [0.25, 0.3) is 0 Å². The van der Waals surface area contributed by atoms with Crippen LogP contribution in [0.1, 0.15) is 39.2 Å². The molecule has 0 aliphatic carbocycles. The summed E-state index contributed by atoms with van der Waals surface area (Å²) in [5.41, 5.74) is 2.55. The maximum atomic E-state index is 4.37. The number of guanidine groups is 1. The number of nitrogens with zero attached hydrogens (tertiary/aromatic N) is 3. The van der Waals surface area contributed by atoms with Gasteiger partial charge in [0.05, 0.1) is 0 Å². The first-order chi connectivity index (χ1) is 13.2. The molecule has 1 aromatic rings. The third-order valence-electron chi connectivity index (χ3n) is 5.19. The first kappa shape index (κ1) is 21.3. The number of benzene rings is 1. The molecule has 27 heavy (non-hydrogen) atoms. The zero-order valence-electron chi connectivity index (χ0n) is 17.5. The summed E-state index contributed by atoms with van der Waals surface area (Å²) >= 11 is 0. The summed E-state index contributed by atoms with van der Waals surface area (Å²) in [6, 6.07) is 9.21. The fourth-order valence-corrected chi connectivity index (χ4v) is 3.36. The molecule has 5 nitrogen and oxygen atoms in total. The summed E-state index contributed by atoms with van der Waals surface area (Å²) in [4.78, 5) is 9.20. The lowest BCUT2D eigenvalue weighted by atomic mass is 10.1. The molecule has 5 heteroatoms. The Balaban J connectivity index is 1.71. The van der Waals surface area contributed by atoms with E-state index in [9.17, 15) is 0 Å². The third-order valence-corrected chi connectivity index (χ3v) is 5.19. The molecule has 1 atom stereocenters. The molecule has 0 saturated heterocycles. The van der Waals surface area contributed by atoms with Gasteiger partial charge < -0.3 is 20.4 Å². The van der Waals surface area contributed by atoms with E-state index in [0.29, 0.717) is 6.04 Å². The van der Waals surface area contributed by atoms with E-state index in [1.54, 1.807) is 0 Å². The Labute approximate surface area is 165 Å². The first-order valence-corrected chi connectivity index (χ1v) is 10.3. The quantitative estimate of drug-likeness (QED) is 0.376. The van der Waals surface area contributed by atoms with Crippen LogP contribution < -0.4 is 15.5 Å². The molecule has 150 valence electrons. The fourth-order valence-electron chi connectivity index (χ4n) is 3.36. The van der Waals surface area contributed by atoms with Gasteiger partial charge in [0, 0.05) is 38.4 Å². The third kappa shape index (κ3) is 7.25. The maximum absolute atomic E-state index is 4.37. The molecule has 1 unspecified atom stereocenters. The molecule has 0 amide bonds. The predicted molar refractivity (Wildman–Crippen MR) is 118 cm³/mol. The van der Waals surface area contributed by atoms with Crippen LogP contribution in [0.3, 0.4) is 0 Å².